The van der Waals surface area contributed by atoms with Gasteiger partial charge in [0.15, 0.2) is 0 Å². The Morgan fingerprint density at radius 2 is 2.42 bits per heavy atom. The van der Waals surface area contributed by atoms with E-state index in [2.05, 4.69) is 17.6 Å². The maximum Gasteiger partial charge on any atom is 0.0636 e. The summed E-state index contributed by atoms with van der Waals surface area (Å²) in [6.45, 7) is 3.25. The van der Waals surface area contributed by atoms with Crippen molar-refractivity contribution in [2.75, 3.05) is 6.54 Å². The van der Waals surface area contributed by atoms with Gasteiger partial charge in [0, 0.05) is 32.5 Å². The van der Waals surface area contributed by atoms with Gasteiger partial charge in [-0.3, -0.25) is 0 Å². The van der Waals surface area contributed by atoms with Crippen molar-refractivity contribution in [1.29, 1.82) is 0 Å². The molecule has 0 unspecified atom stereocenters. The third kappa shape index (κ3) is 3.07. The molecule has 0 bridgehead atoms. The molecule has 0 aliphatic heterocycles. The quantitative estimate of drug-likeness (QED) is 0.686. The number of nitrogens with one attached hydrogen (secondary N) is 1. The molecule has 0 spiro atoms. The summed E-state index contributed by atoms with van der Waals surface area (Å²) in [7, 11) is 2.00. The van der Waals surface area contributed by atoms with Crippen molar-refractivity contribution in [2.24, 2.45) is 7.05 Å². The van der Waals surface area contributed by atoms with Crippen LogP contribution in [0, 0.1) is 0 Å². The van der Waals surface area contributed by atoms with Crippen LogP contribution in [0.2, 0.25) is 0 Å². The molecular formula is C9H16N2O. The minimum atomic E-state index is -0.270. The Kier molecular flexibility index (Phi) is 3.31. The van der Waals surface area contributed by atoms with Crippen molar-refractivity contribution in [2.45, 2.75) is 19.6 Å². The Morgan fingerprint density at radius 1 is 1.67 bits per heavy atom. The van der Waals surface area contributed by atoms with Crippen LogP contribution in [0.15, 0.2) is 18.5 Å². The molecule has 1 atom stereocenters. The minimum Gasteiger partial charge on any atom is -0.392 e. The van der Waals surface area contributed by atoms with E-state index in [-0.39, 0.29) is 6.10 Å². The molecule has 0 aliphatic rings. The molecule has 0 radical (unpaired) electrons. The monoisotopic (exact) mass is 168 g/mol. The van der Waals surface area contributed by atoms with E-state index in [9.17, 15) is 0 Å². The summed E-state index contributed by atoms with van der Waals surface area (Å²) in [4.78, 5) is 0. The fraction of sp³-hybridized carbons (Fsp3) is 0.556. The number of nitrogens with zero attached hydrogens (tertiary/aromatic N) is 1. The summed E-state index contributed by atoms with van der Waals surface area (Å²) in [5, 5.41) is 12.1. The number of aliphatic hydroxyl groups is 1. The van der Waals surface area contributed by atoms with Crippen molar-refractivity contribution in [3.05, 3.63) is 24.0 Å². The van der Waals surface area contributed by atoms with Crippen molar-refractivity contribution in [3.63, 3.8) is 0 Å². The molecule has 0 fully saturated rings. The lowest BCUT2D eigenvalue weighted by Gasteiger charge is -2.04. The summed E-state index contributed by atoms with van der Waals surface area (Å²) in [6, 6.07) is 2.06. The van der Waals surface area contributed by atoms with Crippen LogP contribution in [-0.4, -0.2) is 22.3 Å². The molecule has 12 heavy (non-hydrogen) atoms. The Morgan fingerprint density at radius 3 is 2.92 bits per heavy atom. The number of aliphatic hydroxyl groups excluding tert-OH is 1. The molecule has 3 heteroatoms. The van der Waals surface area contributed by atoms with Gasteiger partial charge in [0.2, 0.25) is 0 Å². The largest absolute Gasteiger partial charge is 0.392 e. The number of hydrogen-bond donors (Lipinski definition) is 2. The van der Waals surface area contributed by atoms with Crippen molar-refractivity contribution in [1.82, 2.24) is 9.88 Å². The van der Waals surface area contributed by atoms with Gasteiger partial charge in [-0.2, -0.15) is 0 Å². The van der Waals surface area contributed by atoms with E-state index in [1.54, 1.807) is 6.92 Å². The zero-order valence-electron chi connectivity index (χ0n) is 7.62. The SMILES string of the molecule is C[C@H](O)CNCc1ccn(C)c1. The summed E-state index contributed by atoms with van der Waals surface area (Å²) < 4.78 is 2.01. The molecule has 0 aliphatic carbocycles. The lowest BCUT2D eigenvalue weighted by atomic mass is 10.3. The van der Waals surface area contributed by atoms with Crippen LogP contribution in [-0.2, 0) is 13.6 Å². The van der Waals surface area contributed by atoms with Crippen LogP contribution >= 0.6 is 0 Å². The Balaban J connectivity index is 2.24. The summed E-state index contributed by atoms with van der Waals surface area (Å²) in [5.74, 6) is 0. The molecule has 0 saturated heterocycles. The van der Waals surface area contributed by atoms with Crippen molar-refractivity contribution in [3.8, 4) is 0 Å². The van der Waals surface area contributed by atoms with Crippen LogP contribution in [0.4, 0.5) is 0 Å². The van der Waals surface area contributed by atoms with Gasteiger partial charge < -0.3 is 15.0 Å². The van der Waals surface area contributed by atoms with Crippen molar-refractivity contribution < 1.29 is 5.11 Å². The smallest absolute Gasteiger partial charge is 0.0636 e. The van der Waals surface area contributed by atoms with E-state index in [0.717, 1.165) is 6.54 Å². The molecule has 1 heterocycles. The van der Waals surface area contributed by atoms with Gasteiger partial charge in [-0.05, 0) is 18.6 Å². The second kappa shape index (κ2) is 4.28. The third-order valence-corrected chi connectivity index (χ3v) is 1.66. The highest BCUT2D eigenvalue weighted by molar-refractivity contribution is 5.09. The molecule has 1 rings (SSSR count). The molecule has 0 saturated carbocycles. The molecular weight excluding hydrogens is 152 g/mol. The number of aromatic nitrogens is 1. The predicted octanol–water partition coefficient (Wildman–Crippen LogP) is 0.495. The molecule has 68 valence electrons. The second-order valence-electron chi connectivity index (χ2n) is 3.17. The van der Waals surface area contributed by atoms with E-state index < -0.39 is 0 Å². The fourth-order valence-electron chi connectivity index (χ4n) is 1.09. The normalized spacial score (nSPS) is 13.2. The highest BCUT2D eigenvalue weighted by Crippen LogP contribution is 1.97. The van der Waals surface area contributed by atoms with Crippen LogP contribution in [0.1, 0.15) is 12.5 Å². The molecule has 1 aromatic heterocycles. The van der Waals surface area contributed by atoms with Gasteiger partial charge >= 0.3 is 0 Å². The van der Waals surface area contributed by atoms with E-state index in [0.29, 0.717) is 6.54 Å². The summed E-state index contributed by atoms with van der Waals surface area (Å²) in [5.41, 5.74) is 1.25. The average Bonchev–Trinajstić information content (AvgIpc) is 2.35. The van der Waals surface area contributed by atoms with Crippen LogP contribution in [0.3, 0.4) is 0 Å². The molecule has 0 amide bonds. The first-order valence-electron chi connectivity index (χ1n) is 4.18. The Bertz CT molecular complexity index is 230. The van der Waals surface area contributed by atoms with Gasteiger partial charge in [-0.1, -0.05) is 0 Å². The van der Waals surface area contributed by atoms with E-state index in [4.69, 9.17) is 5.11 Å². The first-order valence-corrected chi connectivity index (χ1v) is 4.18. The third-order valence-electron chi connectivity index (χ3n) is 1.66. The lowest BCUT2D eigenvalue weighted by Crippen LogP contribution is -2.23. The van der Waals surface area contributed by atoms with Crippen LogP contribution < -0.4 is 5.32 Å². The van der Waals surface area contributed by atoms with E-state index in [1.165, 1.54) is 5.56 Å². The average molecular weight is 168 g/mol. The Hall–Kier alpha value is -0.800. The lowest BCUT2D eigenvalue weighted by molar-refractivity contribution is 0.191. The maximum atomic E-state index is 8.97. The van der Waals surface area contributed by atoms with Gasteiger partial charge in [-0.15, -0.1) is 0 Å². The van der Waals surface area contributed by atoms with E-state index in [1.807, 2.05) is 17.8 Å². The van der Waals surface area contributed by atoms with Gasteiger partial charge in [0.25, 0.3) is 0 Å². The highest BCUT2D eigenvalue weighted by Gasteiger charge is 1.96. The number of hydrogen-bond acceptors (Lipinski definition) is 2. The number of aryl methyl sites for hydroxylation is 1. The zero-order valence-corrected chi connectivity index (χ0v) is 7.62. The highest BCUT2D eigenvalue weighted by atomic mass is 16.3. The standard InChI is InChI=1S/C9H16N2O/c1-8(12)5-10-6-9-3-4-11(2)7-9/h3-4,7-8,10,12H,5-6H2,1-2H3/t8-/m0/s1. The predicted molar refractivity (Wildman–Crippen MR) is 48.8 cm³/mol. The molecule has 3 nitrogen and oxygen atoms in total. The second-order valence-corrected chi connectivity index (χ2v) is 3.17. The van der Waals surface area contributed by atoms with Gasteiger partial charge in [0.1, 0.15) is 0 Å². The maximum absolute atomic E-state index is 8.97. The fourth-order valence-corrected chi connectivity index (χ4v) is 1.09. The summed E-state index contributed by atoms with van der Waals surface area (Å²) >= 11 is 0. The first-order chi connectivity index (χ1) is 5.68. The molecule has 1 aromatic rings. The van der Waals surface area contributed by atoms with Crippen LogP contribution in [0.5, 0.6) is 0 Å². The topological polar surface area (TPSA) is 37.2 Å². The van der Waals surface area contributed by atoms with Gasteiger partial charge in [0.05, 0.1) is 6.10 Å². The summed E-state index contributed by atoms with van der Waals surface area (Å²) in [6.07, 6.45) is 3.81. The minimum absolute atomic E-state index is 0.270. The molecule has 0 aromatic carbocycles. The van der Waals surface area contributed by atoms with Gasteiger partial charge in [-0.25, -0.2) is 0 Å². The Labute approximate surface area is 73.0 Å². The van der Waals surface area contributed by atoms with Crippen molar-refractivity contribution >= 4 is 0 Å². The van der Waals surface area contributed by atoms with Crippen LogP contribution in [0.25, 0.3) is 0 Å². The first kappa shape index (κ1) is 9.29. The van der Waals surface area contributed by atoms with E-state index >= 15 is 0 Å². The molecule has 2 N–H and O–H groups in total. The number of rotatable bonds is 4. The zero-order chi connectivity index (χ0) is 8.97.